The number of halogens is 1. The van der Waals surface area contributed by atoms with Gasteiger partial charge in [0.05, 0.1) is 6.10 Å². The van der Waals surface area contributed by atoms with E-state index in [1.807, 2.05) is 0 Å². The predicted molar refractivity (Wildman–Crippen MR) is 75.9 cm³/mol. The largest absolute Gasteiger partial charge is 0.413 e. The zero-order valence-electron chi connectivity index (χ0n) is 10.5. The molecule has 0 heterocycles. The molecule has 0 aliphatic rings. The van der Waals surface area contributed by atoms with E-state index in [0.29, 0.717) is 11.1 Å². The molecule has 0 rings (SSSR count). The lowest BCUT2D eigenvalue weighted by atomic mass is 10.2. The smallest absolute Gasteiger partial charge is 0.192 e. The van der Waals surface area contributed by atoms with Crippen molar-refractivity contribution in [1.82, 2.24) is 0 Å². The van der Waals surface area contributed by atoms with Crippen LogP contribution >= 0.6 is 22.6 Å². The van der Waals surface area contributed by atoms with Crippen LogP contribution in [0.2, 0.25) is 18.1 Å². The summed E-state index contributed by atoms with van der Waals surface area (Å²) in [4.78, 5) is 0. The van der Waals surface area contributed by atoms with Crippen LogP contribution in [-0.4, -0.2) is 18.8 Å². The fourth-order valence-electron chi connectivity index (χ4n) is 1.08. The molecular formula is C11H25IOSi. The highest BCUT2D eigenvalue weighted by atomic mass is 127. The molecule has 1 atom stereocenters. The van der Waals surface area contributed by atoms with Crippen LogP contribution < -0.4 is 0 Å². The van der Waals surface area contributed by atoms with Gasteiger partial charge in [0.25, 0.3) is 0 Å². The highest BCUT2D eigenvalue weighted by molar-refractivity contribution is 14.1. The van der Waals surface area contributed by atoms with E-state index in [1.165, 1.54) is 12.8 Å². The summed E-state index contributed by atoms with van der Waals surface area (Å²) >= 11 is 2.44. The highest BCUT2D eigenvalue weighted by Crippen LogP contribution is 2.37. The third kappa shape index (κ3) is 4.62. The average Bonchev–Trinajstić information content (AvgIpc) is 2.01. The molecule has 0 aliphatic heterocycles. The minimum absolute atomic E-state index is 0.338. The first-order valence-electron chi connectivity index (χ1n) is 5.48. The molecule has 1 nitrogen and oxygen atoms in total. The third-order valence-corrected chi connectivity index (χ3v) is 8.57. The summed E-state index contributed by atoms with van der Waals surface area (Å²) in [5, 5.41) is 0.338. The monoisotopic (exact) mass is 328 g/mol. The summed E-state index contributed by atoms with van der Waals surface area (Å²) in [6.07, 6.45) is 2.90. The Balaban J connectivity index is 4.32. The van der Waals surface area contributed by atoms with E-state index in [-0.39, 0.29) is 0 Å². The third-order valence-electron chi connectivity index (χ3n) is 3.05. The Bertz CT molecular complexity index is 163. The Kier molecular flexibility index (Phi) is 6.22. The molecule has 0 amide bonds. The molecule has 0 aromatic heterocycles. The summed E-state index contributed by atoms with van der Waals surface area (Å²) in [7, 11) is -1.53. The lowest BCUT2D eigenvalue weighted by Gasteiger charge is -2.39. The van der Waals surface area contributed by atoms with Gasteiger partial charge in [0.2, 0.25) is 0 Å². The first kappa shape index (κ1) is 14.9. The molecule has 0 aliphatic carbocycles. The standard InChI is InChI=1S/C11H25IOSi/c1-7-8-10(9-12)13-14(5,6)11(2,3)4/h10H,7-9H2,1-6H3/t10-/m1/s1. The molecule has 0 saturated heterocycles. The van der Waals surface area contributed by atoms with Crippen molar-refractivity contribution in [3.05, 3.63) is 0 Å². The van der Waals surface area contributed by atoms with Crippen molar-refractivity contribution in [1.29, 1.82) is 0 Å². The molecule has 0 radical (unpaired) electrons. The van der Waals surface area contributed by atoms with Gasteiger partial charge in [-0.25, -0.2) is 0 Å². The van der Waals surface area contributed by atoms with Gasteiger partial charge in [0, 0.05) is 4.43 Å². The Morgan fingerprint density at radius 1 is 1.29 bits per heavy atom. The molecular weight excluding hydrogens is 303 g/mol. The molecule has 0 saturated carbocycles. The SMILES string of the molecule is CCC[C@H](CI)O[Si](C)(C)C(C)(C)C. The zero-order valence-corrected chi connectivity index (χ0v) is 13.6. The minimum Gasteiger partial charge on any atom is -0.413 e. The Hall–Kier alpha value is 0.907. The van der Waals surface area contributed by atoms with E-state index in [9.17, 15) is 0 Å². The van der Waals surface area contributed by atoms with E-state index in [0.717, 1.165) is 4.43 Å². The summed E-state index contributed by atoms with van der Waals surface area (Å²) in [6, 6.07) is 0. The van der Waals surface area contributed by atoms with Gasteiger partial charge in [0.15, 0.2) is 8.32 Å². The molecule has 86 valence electrons. The lowest BCUT2D eigenvalue weighted by Crippen LogP contribution is -2.44. The average molecular weight is 328 g/mol. The van der Waals surface area contributed by atoms with E-state index in [4.69, 9.17) is 4.43 Å². The molecule has 0 unspecified atom stereocenters. The van der Waals surface area contributed by atoms with Gasteiger partial charge < -0.3 is 4.43 Å². The van der Waals surface area contributed by atoms with E-state index in [1.54, 1.807) is 0 Å². The Labute approximate surface area is 104 Å². The molecule has 0 aromatic carbocycles. The van der Waals surface area contributed by atoms with E-state index < -0.39 is 8.32 Å². The van der Waals surface area contributed by atoms with Gasteiger partial charge in [-0.15, -0.1) is 0 Å². The number of alkyl halides is 1. The first-order valence-corrected chi connectivity index (χ1v) is 9.91. The minimum atomic E-state index is -1.53. The lowest BCUT2D eigenvalue weighted by molar-refractivity contribution is 0.195. The van der Waals surface area contributed by atoms with Crippen LogP contribution in [0.25, 0.3) is 0 Å². The molecule has 0 bridgehead atoms. The molecule has 0 fully saturated rings. The fraction of sp³-hybridized carbons (Fsp3) is 1.00. The van der Waals surface area contributed by atoms with Gasteiger partial charge >= 0.3 is 0 Å². The van der Waals surface area contributed by atoms with Gasteiger partial charge in [-0.3, -0.25) is 0 Å². The summed E-state index contributed by atoms with van der Waals surface area (Å²) in [5.74, 6) is 0. The van der Waals surface area contributed by atoms with Gasteiger partial charge in [-0.1, -0.05) is 56.7 Å². The van der Waals surface area contributed by atoms with Crippen LogP contribution in [-0.2, 0) is 4.43 Å². The van der Waals surface area contributed by atoms with Crippen LogP contribution in [0.4, 0.5) is 0 Å². The van der Waals surface area contributed by atoms with Crippen molar-refractivity contribution in [3.63, 3.8) is 0 Å². The number of hydrogen-bond acceptors (Lipinski definition) is 1. The normalized spacial score (nSPS) is 15.6. The Morgan fingerprint density at radius 2 is 1.79 bits per heavy atom. The maximum Gasteiger partial charge on any atom is 0.192 e. The van der Waals surface area contributed by atoms with Crippen LogP contribution in [0.1, 0.15) is 40.5 Å². The second-order valence-electron chi connectivity index (χ2n) is 5.44. The van der Waals surface area contributed by atoms with Crippen LogP contribution in [0.15, 0.2) is 0 Å². The maximum atomic E-state index is 6.32. The second-order valence-corrected chi connectivity index (χ2v) is 11.1. The predicted octanol–water partition coefficient (Wildman–Crippen LogP) is 4.61. The first-order chi connectivity index (χ1) is 6.24. The van der Waals surface area contributed by atoms with Gasteiger partial charge in [-0.05, 0) is 24.6 Å². The van der Waals surface area contributed by atoms with E-state index in [2.05, 4.69) is 63.4 Å². The van der Waals surface area contributed by atoms with Crippen molar-refractivity contribution >= 4 is 30.9 Å². The van der Waals surface area contributed by atoms with Crippen molar-refractivity contribution in [3.8, 4) is 0 Å². The Morgan fingerprint density at radius 3 is 2.07 bits per heavy atom. The summed E-state index contributed by atoms with van der Waals surface area (Å²) < 4.78 is 7.45. The van der Waals surface area contributed by atoms with Crippen molar-refractivity contribution in [2.75, 3.05) is 4.43 Å². The fourth-order valence-corrected chi connectivity index (χ4v) is 3.43. The summed E-state index contributed by atoms with van der Waals surface area (Å²) in [5.41, 5.74) is 0. The molecule has 14 heavy (non-hydrogen) atoms. The molecule has 3 heteroatoms. The molecule has 0 N–H and O–H groups in total. The van der Waals surface area contributed by atoms with E-state index >= 15 is 0 Å². The van der Waals surface area contributed by atoms with Crippen LogP contribution in [0.5, 0.6) is 0 Å². The van der Waals surface area contributed by atoms with Crippen molar-refractivity contribution in [2.24, 2.45) is 0 Å². The molecule has 0 aromatic rings. The quantitative estimate of drug-likeness (QED) is 0.407. The maximum absolute atomic E-state index is 6.32. The second kappa shape index (κ2) is 5.85. The van der Waals surface area contributed by atoms with Crippen molar-refractivity contribution in [2.45, 2.75) is 64.8 Å². The number of hydrogen-bond donors (Lipinski definition) is 0. The van der Waals surface area contributed by atoms with Gasteiger partial charge in [0.1, 0.15) is 0 Å². The summed E-state index contributed by atoms with van der Waals surface area (Å²) in [6.45, 7) is 13.8. The zero-order chi connectivity index (χ0) is 11.4. The topological polar surface area (TPSA) is 9.23 Å². The molecule has 0 spiro atoms. The number of rotatable bonds is 5. The highest BCUT2D eigenvalue weighted by Gasteiger charge is 2.38. The van der Waals surface area contributed by atoms with Crippen molar-refractivity contribution < 1.29 is 4.43 Å². The van der Waals surface area contributed by atoms with Crippen LogP contribution in [0.3, 0.4) is 0 Å². The van der Waals surface area contributed by atoms with Gasteiger partial charge in [-0.2, -0.15) is 0 Å². The van der Waals surface area contributed by atoms with Crippen LogP contribution in [0, 0.1) is 0 Å².